The number of aliphatic hydroxyl groups excluding tert-OH is 1. The van der Waals surface area contributed by atoms with Crippen LogP contribution in [0.5, 0.6) is 0 Å². The molecule has 0 saturated heterocycles. The molecule has 0 amide bonds. The first-order chi connectivity index (χ1) is 8.74. The smallest absolute Gasteiger partial charge is 0.105 e. The molecule has 2 rings (SSSR count). The molecule has 1 aromatic rings. The summed E-state index contributed by atoms with van der Waals surface area (Å²) in [5.41, 5.74) is 2.48. The van der Waals surface area contributed by atoms with Crippen LogP contribution >= 0.6 is 0 Å². The second kappa shape index (κ2) is 11.6. The van der Waals surface area contributed by atoms with Gasteiger partial charge in [0.05, 0.1) is 12.3 Å². The number of hydrogen-bond donors (Lipinski definition) is 1. The normalized spacial score (nSPS) is 16.7. The van der Waals surface area contributed by atoms with Gasteiger partial charge in [-0.2, -0.15) is 0 Å². The summed E-state index contributed by atoms with van der Waals surface area (Å²) in [6.45, 7) is 10.3. The van der Waals surface area contributed by atoms with E-state index in [1.54, 1.807) is 0 Å². The molecule has 1 unspecified atom stereocenters. The topological polar surface area (TPSA) is 38.0 Å². The van der Waals surface area contributed by atoms with Crippen LogP contribution in [0.15, 0.2) is 0 Å². The standard InChI is InChI=1S/C11H18N2O.2C2H6.V/c1-8-12-11-9(7-14)5-3-4-6-10(11)13(8)2;2*1-2;/h9,14H,3-7H2,1-2H3;2*1-2H3;. The molecule has 0 aromatic carbocycles. The Morgan fingerprint density at radius 1 is 1.21 bits per heavy atom. The molecule has 0 bridgehead atoms. The summed E-state index contributed by atoms with van der Waals surface area (Å²) in [6, 6.07) is 0. The molecule has 1 radical (unpaired) electrons. The van der Waals surface area contributed by atoms with E-state index in [1.165, 1.54) is 18.5 Å². The third-order valence-electron chi connectivity index (χ3n) is 3.29. The summed E-state index contributed by atoms with van der Waals surface area (Å²) in [5.74, 6) is 1.34. The van der Waals surface area contributed by atoms with E-state index in [4.69, 9.17) is 0 Å². The molecular weight excluding hydrogens is 275 g/mol. The molecule has 1 aliphatic carbocycles. The van der Waals surface area contributed by atoms with Gasteiger partial charge in [-0.15, -0.1) is 0 Å². The van der Waals surface area contributed by atoms with Gasteiger partial charge < -0.3 is 9.67 Å². The summed E-state index contributed by atoms with van der Waals surface area (Å²) in [5, 5.41) is 9.31. The minimum absolute atomic E-state index is 0. The molecule has 0 spiro atoms. The first kappa shape index (κ1) is 21.1. The van der Waals surface area contributed by atoms with Gasteiger partial charge in [0, 0.05) is 37.2 Å². The Hall–Kier alpha value is -0.246. The predicted molar refractivity (Wildman–Crippen MR) is 78.0 cm³/mol. The van der Waals surface area contributed by atoms with Crippen LogP contribution in [0, 0.1) is 6.92 Å². The Bertz CT molecular complexity index is 337. The van der Waals surface area contributed by atoms with E-state index < -0.39 is 0 Å². The fourth-order valence-corrected chi connectivity index (χ4v) is 2.30. The van der Waals surface area contributed by atoms with E-state index in [1.807, 2.05) is 34.6 Å². The Labute approximate surface area is 130 Å². The predicted octanol–water partition coefficient (Wildman–Crippen LogP) is 3.58. The molecular formula is C15H30N2OV. The van der Waals surface area contributed by atoms with Crippen molar-refractivity contribution in [1.82, 2.24) is 9.55 Å². The van der Waals surface area contributed by atoms with Crippen molar-refractivity contribution in [1.29, 1.82) is 0 Å². The largest absolute Gasteiger partial charge is 0.396 e. The number of aryl methyl sites for hydroxylation is 1. The monoisotopic (exact) mass is 305 g/mol. The maximum Gasteiger partial charge on any atom is 0.105 e. The molecule has 111 valence electrons. The van der Waals surface area contributed by atoms with Crippen LogP contribution in [0.25, 0.3) is 0 Å². The van der Waals surface area contributed by atoms with E-state index in [0.717, 1.165) is 24.4 Å². The van der Waals surface area contributed by atoms with Crippen LogP contribution in [-0.4, -0.2) is 21.3 Å². The molecule has 3 nitrogen and oxygen atoms in total. The van der Waals surface area contributed by atoms with Gasteiger partial charge in [0.25, 0.3) is 0 Å². The minimum Gasteiger partial charge on any atom is -0.396 e. The van der Waals surface area contributed by atoms with Crippen LogP contribution in [0.2, 0.25) is 0 Å². The molecule has 1 atom stereocenters. The molecule has 1 aliphatic rings. The number of aromatic nitrogens is 2. The van der Waals surface area contributed by atoms with Crippen LogP contribution in [0.1, 0.15) is 70.1 Å². The third kappa shape index (κ3) is 5.33. The summed E-state index contributed by atoms with van der Waals surface area (Å²) in [4.78, 5) is 4.57. The van der Waals surface area contributed by atoms with Gasteiger partial charge in [-0.1, -0.05) is 34.1 Å². The van der Waals surface area contributed by atoms with Gasteiger partial charge in [0.15, 0.2) is 0 Å². The maximum atomic E-state index is 9.31. The van der Waals surface area contributed by atoms with E-state index in [9.17, 15) is 5.11 Å². The van der Waals surface area contributed by atoms with Crippen molar-refractivity contribution >= 4 is 0 Å². The Morgan fingerprint density at radius 2 is 1.79 bits per heavy atom. The zero-order valence-electron chi connectivity index (χ0n) is 13.4. The van der Waals surface area contributed by atoms with Gasteiger partial charge in [-0.3, -0.25) is 0 Å². The van der Waals surface area contributed by atoms with E-state index in [-0.39, 0.29) is 31.1 Å². The second-order valence-electron chi connectivity index (χ2n) is 4.18. The first-order valence-corrected chi connectivity index (χ1v) is 7.37. The Morgan fingerprint density at radius 3 is 2.32 bits per heavy atom. The van der Waals surface area contributed by atoms with E-state index >= 15 is 0 Å². The number of fused-ring (bicyclic) bond motifs is 1. The molecule has 1 aromatic heterocycles. The second-order valence-corrected chi connectivity index (χ2v) is 4.18. The molecule has 0 fully saturated rings. The molecule has 0 saturated carbocycles. The van der Waals surface area contributed by atoms with Gasteiger partial charge in [-0.25, -0.2) is 4.98 Å². The SMILES string of the molecule is CC.CC.Cc1nc2c(n1C)CCCCC2CO.[V]. The zero-order chi connectivity index (χ0) is 14.1. The Balaban J connectivity index is 0. The summed E-state index contributed by atoms with van der Waals surface area (Å²) >= 11 is 0. The van der Waals surface area contributed by atoms with Crippen molar-refractivity contribution in [2.45, 2.75) is 66.2 Å². The van der Waals surface area contributed by atoms with Gasteiger partial charge in [0.2, 0.25) is 0 Å². The van der Waals surface area contributed by atoms with Gasteiger partial charge in [-0.05, 0) is 26.2 Å². The average molecular weight is 305 g/mol. The minimum atomic E-state index is 0. The summed E-state index contributed by atoms with van der Waals surface area (Å²) < 4.78 is 2.17. The van der Waals surface area contributed by atoms with Crippen LogP contribution in [-0.2, 0) is 32.0 Å². The van der Waals surface area contributed by atoms with Crippen molar-refractivity contribution in [3.05, 3.63) is 17.2 Å². The fraction of sp³-hybridized carbons (Fsp3) is 0.800. The fourth-order valence-electron chi connectivity index (χ4n) is 2.30. The van der Waals surface area contributed by atoms with Gasteiger partial charge >= 0.3 is 0 Å². The maximum absolute atomic E-state index is 9.31. The third-order valence-corrected chi connectivity index (χ3v) is 3.29. The Kier molecular flexibility index (Phi) is 12.8. The number of rotatable bonds is 1. The zero-order valence-corrected chi connectivity index (χ0v) is 14.8. The average Bonchev–Trinajstić information content (AvgIpc) is 2.61. The molecule has 19 heavy (non-hydrogen) atoms. The van der Waals surface area contributed by atoms with Crippen molar-refractivity contribution in [3.8, 4) is 0 Å². The molecule has 1 N–H and O–H groups in total. The number of imidazole rings is 1. The number of aliphatic hydroxyl groups is 1. The van der Waals surface area contributed by atoms with Crippen molar-refractivity contribution < 1.29 is 23.7 Å². The quantitative estimate of drug-likeness (QED) is 0.805. The van der Waals surface area contributed by atoms with Crippen molar-refractivity contribution in [2.75, 3.05) is 6.61 Å². The van der Waals surface area contributed by atoms with Crippen molar-refractivity contribution in [2.24, 2.45) is 7.05 Å². The number of nitrogens with zero attached hydrogens (tertiary/aromatic N) is 2. The molecule has 4 heteroatoms. The van der Waals surface area contributed by atoms with Gasteiger partial charge in [0.1, 0.15) is 5.82 Å². The number of hydrogen-bond acceptors (Lipinski definition) is 2. The van der Waals surface area contributed by atoms with Crippen LogP contribution < -0.4 is 0 Å². The molecule has 0 aliphatic heterocycles. The van der Waals surface area contributed by atoms with E-state index in [0.29, 0.717) is 0 Å². The van der Waals surface area contributed by atoms with Crippen LogP contribution in [0.4, 0.5) is 0 Å². The summed E-state index contributed by atoms with van der Waals surface area (Å²) in [6.07, 6.45) is 4.63. The van der Waals surface area contributed by atoms with Crippen molar-refractivity contribution in [3.63, 3.8) is 0 Å². The summed E-state index contributed by atoms with van der Waals surface area (Å²) in [7, 11) is 2.07. The van der Waals surface area contributed by atoms with Crippen LogP contribution in [0.3, 0.4) is 0 Å². The molecule has 1 heterocycles. The van der Waals surface area contributed by atoms with E-state index in [2.05, 4.69) is 16.6 Å². The first-order valence-electron chi connectivity index (χ1n) is 7.37.